The Labute approximate surface area is 105 Å². The summed E-state index contributed by atoms with van der Waals surface area (Å²) in [6.45, 7) is 7.65. The van der Waals surface area contributed by atoms with E-state index in [-0.39, 0.29) is 18.4 Å². The van der Waals surface area contributed by atoms with Crippen molar-refractivity contribution in [3.63, 3.8) is 0 Å². The van der Waals surface area contributed by atoms with E-state index in [1.54, 1.807) is 0 Å². The van der Waals surface area contributed by atoms with Crippen molar-refractivity contribution in [3.05, 3.63) is 0 Å². The predicted octanol–water partition coefficient (Wildman–Crippen LogP) is 1.55. The minimum atomic E-state index is 0. The Morgan fingerprint density at radius 1 is 1.38 bits per heavy atom. The van der Waals surface area contributed by atoms with E-state index in [9.17, 15) is 4.79 Å². The summed E-state index contributed by atoms with van der Waals surface area (Å²) in [6.07, 6.45) is 2.29. The van der Waals surface area contributed by atoms with Crippen molar-refractivity contribution in [3.8, 4) is 0 Å². The van der Waals surface area contributed by atoms with Gasteiger partial charge in [-0.1, -0.05) is 0 Å². The van der Waals surface area contributed by atoms with Gasteiger partial charge in [0.15, 0.2) is 0 Å². The molecule has 1 N–H and O–H groups in total. The smallest absolute Gasteiger partial charge is 0.320 e. The Balaban J connectivity index is 0.00000225. The topological polar surface area (TPSA) is 35.6 Å². The molecule has 96 valence electrons. The molecule has 1 heterocycles. The van der Waals surface area contributed by atoms with Crippen LogP contribution in [0.4, 0.5) is 4.79 Å². The van der Waals surface area contributed by atoms with Crippen molar-refractivity contribution >= 4 is 18.4 Å². The second kappa shape index (κ2) is 7.74. The van der Waals surface area contributed by atoms with Crippen LogP contribution in [0.2, 0.25) is 0 Å². The highest BCUT2D eigenvalue weighted by atomic mass is 35.5. The fourth-order valence-corrected chi connectivity index (χ4v) is 2.04. The summed E-state index contributed by atoms with van der Waals surface area (Å²) in [4.78, 5) is 15.8. The third-order valence-electron chi connectivity index (χ3n) is 3.15. The van der Waals surface area contributed by atoms with Gasteiger partial charge in [-0.2, -0.15) is 0 Å². The highest BCUT2D eigenvalue weighted by molar-refractivity contribution is 5.85. The van der Waals surface area contributed by atoms with E-state index in [1.165, 1.54) is 6.42 Å². The van der Waals surface area contributed by atoms with E-state index >= 15 is 0 Å². The van der Waals surface area contributed by atoms with Crippen LogP contribution >= 0.6 is 12.4 Å². The van der Waals surface area contributed by atoms with Crippen molar-refractivity contribution in [2.45, 2.75) is 32.7 Å². The lowest BCUT2D eigenvalue weighted by Crippen LogP contribution is -2.51. The van der Waals surface area contributed by atoms with E-state index in [4.69, 9.17) is 0 Å². The van der Waals surface area contributed by atoms with Crippen LogP contribution in [-0.4, -0.2) is 55.1 Å². The zero-order valence-electron chi connectivity index (χ0n) is 10.5. The van der Waals surface area contributed by atoms with Gasteiger partial charge in [-0.15, -0.1) is 12.4 Å². The molecule has 0 aromatic rings. The first kappa shape index (κ1) is 15.5. The summed E-state index contributed by atoms with van der Waals surface area (Å²) in [6, 6.07) is 0.528. The largest absolute Gasteiger partial charge is 0.325 e. The minimum absolute atomic E-state index is 0. The fourth-order valence-electron chi connectivity index (χ4n) is 2.04. The number of nitrogens with zero attached hydrogens (tertiary/aromatic N) is 2. The molecule has 0 spiro atoms. The van der Waals surface area contributed by atoms with Gasteiger partial charge in [0.05, 0.1) is 0 Å². The average molecular weight is 250 g/mol. The standard InChI is InChI=1S/C11H23N3O.ClH/c1-4-14(5-2)11(15)13(3)10-7-6-8-12-9-10;/h10,12H,4-9H2,1-3H3;1H/t10-;/m0./s1. The van der Waals surface area contributed by atoms with Gasteiger partial charge in [0, 0.05) is 32.7 Å². The molecule has 1 rings (SSSR count). The van der Waals surface area contributed by atoms with Gasteiger partial charge < -0.3 is 15.1 Å². The van der Waals surface area contributed by atoms with Crippen LogP contribution in [0.3, 0.4) is 0 Å². The van der Waals surface area contributed by atoms with E-state index in [0.29, 0.717) is 6.04 Å². The molecule has 1 aliphatic heterocycles. The van der Waals surface area contributed by atoms with E-state index in [1.807, 2.05) is 30.7 Å². The number of rotatable bonds is 3. The van der Waals surface area contributed by atoms with Gasteiger partial charge in [0.2, 0.25) is 0 Å². The first-order valence-corrected chi connectivity index (χ1v) is 5.93. The van der Waals surface area contributed by atoms with E-state index in [2.05, 4.69) is 5.32 Å². The summed E-state index contributed by atoms with van der Waals surface area (Å²) in [5, 5.41) is 3.33. The number of carbonyl (C=O) groups is 1. The first-order valence-electron chi connectivity index (χ1n) is 5.93. The molecule has 5 heteroatoms. The summed E-state index contributed by atoms with van der Waals surface area (Å²) in [5.41, 5.74) is 0. The minimum Gasteiger partial charge on any atom is -0.325 e. The Morgan fingerprint density at radius 3 is 2.44 bits per heavy atom. The molecule has 0 aliphatic carbocycles. The van der Waals surface area contributed by atoms with Crippen molar-refractivity contribution in [2.24, 2.45) is 0 Å². The van der Waals surface area contributed by atoms with Crippen LogP contribution in [0.15, 0.2) is 0 Å². The molecule has 0 radical (unpaired) electrons. The van der Waals surface area contributed by atoms with Gasteiger partial charge in [-0.3, -0.25) is 0 Å². The molecular formula is C11H24ClN3O. The van der Waals surface area contributed by atoms with E-state index in [0.717, 1.165) is 32.6 Å². The quantitative estimate of drug-likeness (QED) is 0.824. The van der Waals surface area contributed by atoms with Crippen LogP contribution in [0.1, 0.15) is 26.7 Å². The molecule has 2 amide bonds. The van der Waals surface area contributed by atoms with Gasteiger partial charge in [0.1, 0.15) is 0 Å². The summed E-state index contributed by atoms with van der Waals surface area (Å²) in [7, 11) is 1.92. The number of piperidine rings is 1. The third kappa shape index (κ3) is 3.83. The third-order valence-corrected chi connectivity index (χ3v) is 3.15. The highest BCUT2D eigenvalue weighted by Gasteiger charge is 2.24. The summed E-state index contributed by atoms with van der Waals surface area (Å²) < 4.78 is 0. The monoisotopic (exact) mass is 249 g/mol. The molecule has 1 saturated heterocycles. The molecular weight excluding hydrogens is 226 g/mol. The number of urea groups is 1. The normalized spacial score (nSPS) is 19.8. The molecule has 4 nitrogen and oxygen atoms in total. The number of amides is 2. The highest BCUT2D eigenvalue weighted by Crippen LogP contribution is 2.10. The van der Waals surface area contributed by atoms with Crippen molar-refractivity contribution in [1.82, 2.24) is 15.1 Å². The van der Waals surface area contributed by atoms with E-state index < -0.39 is 0 Å². The molecule has 0 aromatic carbocycles. The Kier molecular flexibility index (Phi) is 7.51. The maximum atomic E-state index is 12.0. The zero-order chi connectivity index (χ0) is 11.3. The number of nitrogens with one attached hydrogen (secondary N) is 1. The molecule has 0 aromatic heterocycles. The maximum absolute atomic E-state index is 12.0. The predicted molar refractivity (Wildman–Crippen MR) is 69.2 cm³/mol. The van der Waals surface area contributed by atoms with Crippen LogP contribution in [-0.2, 0) is 0 Å². The molecule has 1 atom stereocenters. The molecule has 0 bridgehead atoms. The second-order valence-electron chi connectivity index (χ2n) is 4.07. The zero-order valence-corrected chi connectivity index (χ0v) is 11.3. The first-order chi connectivity index (χ1) is 7.20. The summed E-state index contributed by atoms with van der Waals surface area (Å²) in [5.74, 6) is 0. The number of hydrogen-bond donors (Lipinski definition) is 1. The Bertz CT molecular complexity index is 203. The van der Waals surface area contributed by atoms with Crippen molar-refractivity contribution in [1.29, 1.82) is 0 Å². The molecule has 0 saturated carbocycles. The SMILES string of the molecule is CCN(CC)C(=O)N(C)[C@H]1CCCNC1.Cl. The average Bonchev–Trinajstić information content (AvgIpc) is 2.30. The number of carbonyl (C=O) groups excluding carboxylic acids is 1. The van der Waals surface area contributed by atoms with Crippen molar-refractivity contribution < 1.29 is 4.79 Å². The van der Waals surface area contributed by atoms with Crippen LogP contribution in [0, 0.1) is 0 Å². The Morgan fingerprint density at radius 2 is 2.00 bits per heavy atom. The van der Waals surface area contributed by atoms with Gasteiger partial charge in [-0.05, 0) is 33.2 Å². The lowest BCUT2D eigenvalue weighted by molar-refractivity contribution is 0.142. The molecule has 1 aliphatic rings. The fraction of sp³-hybridized carbons (Fsp3) is 0.909. The number of halogens is 1. The van der Waals surface area contributed by atoms with Crippen LogP contribution in [0.5, 0.6) is 0 Å². The van der Waals surface area contributed by atoms with Gasteiger partial charge >= 0.3 is 6.03 Å². The molecule has 0 unspecified atom stereocenters. The second-order valence-corrected chi connectivity index (χ2v) is 4.07. The van der Waals surface area contributed by atoms with Crippen LogP contribution < -0.4 is 5.32 Å². The van der Waals surface area contributed by atoms with Crippen LogP contribution in [0.25, 0.3) is 0 Å². The lowest BCUT2D eigenvalue weighted by Gasteiger charge is -2.35. The molecule has 1 fully saturated rings. The van der Waals surface area contributed by atoms with Crippen molar-refractivity contribution in [2.75, 3.05) is 33.2 Å². The Hall–Kier alpha value is -0.480. The maximum Gasteiger partial charge on any atom is 0.320 e. The van der Waals surface area contributed by atoms with Gasteiger partial charge in [-0.25, -0.2) is 4.79 Å². The van der Waals surface area contributed by atoms with Gasteiger partial charge in [0.25, 0.3) is 0 Å². The summed E-state index contributed by atoms with van der Waals surface area (Å²) >= 11 is 0. The lowest BCUT2D eigenvalue weighted by atomic mass is 10.1. The number of hydrogen-bond acceptors (Lipinski definition) is 2. The molecule has 16 heavy (non-hydrogen) atoms. The number of likely N-dealkylation sites (N-methyl/N-ethyl adjacent to an activating group) is 1.